The minimum Gasteiger partial charge on any atom is -0.506 e. The van der Waals surface area contributed by atoms with Gasteiger partial charge >= 0.3 is 0 Å². The molecule has 0 saturated heterocycles. The van der Waals surface area contributed by atoms with Crippen LogP contribution in [0.15, 0.2) is 40.1 Å². The lowest BCUT2D eigenvalue weighted by Crippen LogP contribution is -2.07. The Bertz CT molecular complexity index is 722. The Labute approximate surface area is 123 Å². The third-order valence-corrected chi connectivity index (χ3v) is 4.51. The summed E-state index contributed by atoms with van der Waals surface area (Å²) in [6.45, 7) is 0. The van der Waals surface area contributed by atoms with Gasteiger partial charge in [-0.25, -0.2) is 8.42 Å². The monoisotopic (exact) mass is 362 g/mol. The Morgan fingerprint density at radius 2 is 2.00 bits per heavy atom. The maximum atomic E-state index is 12.1. The van der Waals surface area contributed by atoms with E-state index in [1.165, 1.54) is 30.7 Å². The maximum absolute atomic E-state index is 12.1. The Morgan fingerprint density at radius 1 is 1.26 bits per heavy atom. The van der Waals surface area contributed by atoms with Gasteiger partial charge in [0.05, 0.1) is 15.6 Å². The van der Waals surface area contributed by atoms with E-state index in [4.69, 9.17) is 11.6 Å². The third kappa shape index (κ3) is 3.43. The molecule has 0 aliphatic heterocycles. The summed E-state index contributed by atoms with van der Waals surface area (Å²) in [5.74, 6) is -0.673. The van der Waals surface area contributed by atoms with E-state index in [-0.39, 0.29) is 21.4 Å². The SMILES string of the molecule is O=S(=O)(Cc1ncc(Cl)cc1O)c1cncc(Br)c1. The molecular weight excluding hydrogens is 356 g/mol. The highest BCUT2D eigenvalue weighted by Gasteiger charge is 2.19. The molecule has 0 aliphatic carbocycles. The summed E-state index contributed by atoms with van der Waals surface area (Å²) < 4.78 is 24.8. The number of hydrogen-bond donors (Lipinski definition) is 1. The molecule has 0 bridgehead atoms. The van der Waals surface area contributed by atoms with Gasteiger partial charge in [0.1, 0.15) is 11.5 Å². The molecule has 8 heteroatoms. The van der Waals surface area contributed by atoms with Gasteiger partial charge < -0.3 is 5.11 Å². The Balaban J connectivity index is 2.36. The van der Waals surface area contributed by atoms with E-state index in [9.17, 15) is 13.5 Å². The van der Waals surface area contributed by atoms with Crippen LogP contribution in [0.3, 0.4) is 0 Å². The first-order chi connectivity index (χ1) is 8.88. The van der Waals surface area contributed by atoms with Gasteiger partial charge in [0.2, 0.25) is 0 Å². The molecule has 2 heterocycles. The minimum absolute atomic E-state index is 0.0457. The fourth-order valence-corrected chi connectivity index (χ4v) is 3.34. The van der Waals surface area contributed by atoms with Gasteiger partial charge in [-0.05, 0) is 22.0 Å². The molecule has 0 unspecified atom stereocenters. The van der Waals surface area contributed by atoms with Gasteiger partial charge in [-0.1, -0.05) is 11.6 Å². The van der Waals surface area contributed by atoms with Crippen LogP contribution in [0.5, 0.6) is 5.75 Å². The zero-order valence-corrected chi connectivity index (χ0v) is 12.6. The van der Waals surface area contributed by atoms with Crippen molar-refractivity contribution in [2.24, 2.45) is 0 Å². The van der Waals surface area contributed by atoms with Crippen molar-refractivity contribution < 1.29 is 13.5 Å². The fourth-order valence-electron chi connectivity index (χ4n) is 1.39. The van der Waals surface area contributed by atoms with Gasteiger partial charge in [0.15, 0.2) is 9.84 Å². The van der Waals surface area contributed by atoms with E-state index in [0.29, 0.717) is 4.47 Å². The Morgan fingerprint density at radius 3 is 2.63 bits per heavy atom. The molecule has 0 aliphatic rings. The molecule has 5 nitrogen and oxygen atoms in total. The van der Waals surface area contributed by atoms with Gasteiger partial charge in [-0.2, -0.15) is 0 Å². The number of sulfone groups is 1. The molecule has 0 aromatic carbocycles. The molecule has 0 amide bonds. The van der Waals surface area contributed by atoms with E-state index >= 15 is 0 Å². The van der Waals surface area contributed by atoms with Crippen LogP contribution in [0.25, 0.3) is 0 Å². The van der Waals surface area contributed by atoms with Crippen molar-refractivity contribution in [2.45, 2.75) is 10.6 Å². The lowest BCUT2D eigenvalue weighted by Gasteiger charge is -2.06. The van der Waals surface area contributed by atoms with Crippen molar-refractivity contribution in [3.63, 3.8) is 0 Å². The third-order valence-electron chi connectivity index (χ3n) is 2.28. The zero-order chi connectivity index (χ0) is 14.0. The first kappa shape index (κ1) is 14.2. The number of aromatic hydroxyl groups is 1. The lowest BCUT2D eigenvalue weighted by atomic mass is 10.3. The number of rotatable bonds is 3. The van der Waals surface area contributed by atoms with Crippen molar-refractivity contribution in [3.05, 3.63) is 45.9 Å². The van der Waals surface area contributed by atoms with E-state index in [2.05, 4.69) is 25.9 Å². The average molecular weight is 364 g/mol. The van der Waals surface area contributed by atoms with Gasteiger partial charge in [-0.15, -0.1) is 0 Å². The molecule has 2 rings (SSSR count). The molecule has 19 heavy (non-hydrogen) atoms. The second kappa shape index (κ2) is 5.44. The van der Waals surface area contributed by atoms with E-state index < -0.39 is 15.6 Å². The number of aromatic nitrogens is 2. The first-order valence-corrected chi connectivity index (χ1v) is 7.87. The summed E-state index contributed by atoms with van der Waals surface area (Å²) in [7, 11) is -3.63. The first-order valence-electron chi connectivity index (χ1n) is 5.05. The molecule has 0 spiro atoms. The quantitative estimate of drug-likeness (QED) is 0.906. The summed E-state index contributed by atoms with van der Waals surface area (Å²) in [6.07, 6.45) is 4.01. The van der Waals surface area contributed by atoms with Crippen molar-refractivity contribution in [1.82, 2.24) is 9.97 Å². The average Bonchev–Trinajstić information content (AvgIpc) is 2.33. The highest BCUT2D eigenvalue weighted by Crippen LogP contribution is 2.24. The van der Waals surface area contributed by atoms with Gasteiger partial charge in [0, 0.05) is 29.1 Å². The Hall–Kier alpha value is -1.18. The second-order valence-electron chi connectivity index (χ2n) is 3.72. The maximum Gasteiger partial charge on any atom is 0.185 e. The summed E-state index contributed by atoms with van der Waals surface area (Å²) >= 11 is 8.79. The van der Waals surface area contributed by atoms with Crippen molar-refractivity contribution in [1.29, 1.82) is 0 Å². The summed E-state index contributed by atoms with van der Waals surface area (Å²) in [6, 6.07) is 2.69. The molecule has 100 valence electrons. The molecule has 2 aromatic rings. The van der Waals surface area contributed by atoms with E-state index in [0.717, 1.165) is 0 Å². The van der Waals surface area contributed by atoms with Crippen molar-refractivity contribution in [2.75, 3.05) is 0 Å². The molecular formula is C11H8BrClN2O3S. The molecule has 0 saturated carbocycles. The van der Waals surface area contributed by atoms with Crippen LogP contribution < -0.4 is 0 Å². The predicted molar refractivity (Wildman–Crippen MR) is 73.7 cm³/mol. The molecule has 0 atom stereocenters. The number of pyridine rings is 2. The number of nitrogens with zero attached hydrogens (tertiary/aromatic N) is 2. The van der Waals surface area contributed by atoms with Gasteiger partial charge in [-0.3, -0.25) is 9.97 Å². The van der Waals surface area contributed by atoms with Crippen molar-refractivity contribution in [3.8, 4) is 5.75 Å². The van der Waals surface area contributed by atoms with Crippen LogP contribution in [0.1, 0.15) is 5.69 Å². The smallest absolute Gasteiger partial charge is 0.185 e. The number of halogens is 2. The lowest BCUT2D eigenvalue weighted by molar-refractivity contribution is 0.466. The van der Waals surface area contributed by atoms with E-state index in [1.54, 1.807) is 0 Å². The fraction of sp³-hybridized carbons (Fsp3) is 0.0909. The molecule has 2 aromatic heterocycles. The zero-order valence-electron chi connectivity index (χ0n) is 9.42. The van der Waals surface area contributed by atoms with Crippen LogP contribution in [-0.2, 0) is 15.6 Å². The predicted octanol–water partition coefficient (Wildman–Crippen LogP) is 2.57. The van der Waals surface area contributed by atoms with E-state index in [1.807, 2.05) is 0 Å². The molecule has 0 radical (unpaired) electrons. The largest absolute Gasteiger partial charge is 0.506 e. The van der Waals surface area contributed by atoms with Crippen molar-refractivity contribution >= 4 is 37.4 Å². The minimum atomic E-state index is -3.63. The van der Waals surface area contributed by atoms with Crippen LogP contribution >= 0.6 is 27.5 Å². The summed E-state index contributed by atoms with van der Waals surface area (Å²) in [5, 5.41) is 9.86. The van der Waals surface area contributed by atoms with Crippen LogP contribution in [-0.4, -0.2) is 23.5 Å². The van der Waals surface area contributed by atoms with Gasteiger partial charge in [0.25, 0.3) is 0 Å². The highest BCUT2D eigenvalue weighted by molar-refractivity contribution is 9.10. The van der Waals surface area contributed by atoms with Crippen LogP contribution in [0.2, 0.25) is 5.02 Å². The second-order valence-corrected chi connectivity index (χ2v) is 7.06. The summed E-state index contributed by atoms with van der Waals surface area (Å²) in [4.78, 5) is 7.67. The molecule has 1 N–H and O–H groups in total. The van der Waals surface area contributed by atoms with Crippen LogP contribution in [0, 0.1) is 0 Å². The highest BCUT2D eigenvalue weighted by atomic mass is 79.9. The number of hydrogen-bond acceptors (Lipinski definition) is 5. The standard InChI is InChI=1S/C11H8BrClN2O3S/c12-7-1-9(5-14-3-7)19(17,18)6-10-11(16)2-8(13)4-15-10/h1-5,16H,6H2. The topological polar surface area (TPSA) is 80.2 Å². The van der Waals surface area contributed by atoms with Crippen LogP contribution in [0.4, 0.5) is 0 Å². The molecule has 0 fully saturated rings. The normalized spacial score (nSPS) is 11.5. The summed E-state index contributed by atoms with van der Waals surface area (Å²) in [5.41, 5.74) is 0.0457. The Kier molecular flexibility index (Phi) is 4.07.